The molecule has 106 valence electrons. The molecule has 1 aromatic carbocycles. The first-order chi connectivity index (χ1) is 9.13. The lowest BCUT2D eigenvalue weighted by Crippen LogP contribution is -2.29. The van der Waals surface area contributed by atoms with E-state index in [1.807, 2.05) is 0 Å². The normalized spacial score (nSPS) is 10.3. The average molecular weight is 306 g/mol. The molecule has 0 aliphatic heterocycles. The molecule has 0 saturated carbocycles. The number of hydrogen-bond donors (Lipinski definition) is 2. The maximum atomic E-state index is 11.5. The highest BCUT2D eigenvalue weighted by atomic mass is 35.5. The minimum Gasteiger partial charge on any atom is -0.484 e. The van der Waals surface area contributed by atoms with E-state index in [-0.39, 0.29) is 19.1 Å². The molecule has 0 unspecified atom stereocenters. The molecule has 1 amide bonds. The van der Waals surface area contributed by atoms with Crippen LogP contribution in [0.4, 0.5) is 0 Å². The second-order valence-electron chi connectivity index (χ2n) is 4.00. The summed E-state index contributed by atoms with van der Waals surface area (Å²) in [6.45, 7) is 0.718. The highest BCUT2D eigenvalue weighted by molar-refractivity contribution is 6.42. The van der Waals surface area contributed by atoms with Crippen molar-refractivity contribution in [2.75, 3.05) is 19.8 Å². The van der Waals surface area contributed by atoms with Crippen molar-refractivity contribution in [3.05, 3.63) is 28.2 Å². The van der Waals surface area contributed by atoms with Crippen LogP contribution in [0.3, 0.4) is 0 Å². The van der Waals surface area contributed by atoms with E-state index in [1.165, 1.54) is 0 Å². The van der Waals surface area contributed by atoms with Crippen LogP contribution in [0.5, 0.6) is 5.75 Å². The molecule has 0 aliphatic carbocycles. The quantitative estimate of drug-likeness (QED) is 0.726. The van der Waals surface area contributed by atoms with Gasteiger partial charge in [-0.1, -0.05) is 23.2 Å². The molecule has 0 atom stereocenters. The van der Waals surface area contributed by atoms with Crippen molar-refractivity contribution < 1.29 is 14.6 Å². The molecule has 1 rings (SSSR count). The van der Waals surface area contributed by atoms with E-state index in [0.29, 0.717) is 22.3 Å². The Kier molecular flexibility index (Phi) is 7.63. The Morgan fingerprint density at radius 1 is 1.21 bits per heavy atom. The van der Waals surface area contributed by atoms with Crippen molar-refractivity contribution in [1.82, 2.24) is 5.32 Å². The summed E-state index contributed by atoms with van der Waals surface area (Å²) in [5.74, 6) is 0.319. The first-order valence-corrected chi connectivity index (χ1v) is 6.84. The number of aliphatic hydroxyl groups is 1. The first kappa shape index (κ1) is 16.1. The third-order valence-electron chi connectivity index (χ3n) is 2.42. The number of aliphatic hydroxyl groups excluding tert-OH is 1. The Labute approximate surface area is 122 Å². The van der Waals surface area contributed by atoms with E-state index in [2.05, 4.69) is 5.32 Å². The standard InChI is InChI=1S/C13H17Cl2NO3/c14-11-5-4-10(8-12(11)15)19-9-13(18)16-6-2-1-3-7-17/h4-5,8,17H,1-3,6-7,9H2,(H,16,18). The fourth-order valence-electron chi connectivity index (χ4n) is 1.41. The summed E-state index contributed by atoms with van der Waals surface area (Å²) in [6, 6.07) is 4.84. The predicted octanol–water partition coefficient (Wildman–Crippen LogP) is 2.65. The van der Waals surface area contributed by atoms with Gasteiger partial charge in [0.15, 0.2) is 6.61 Å². The van der Waals surface area contributed by atoms with Gasteiger partial charge in [-0.2, -0.15) is 0 Å². The van der Waals surface area contributed by atoms with Gasteiger partial charge in [0.2, 0.25) is 0 Å². The van der Waals surface area contributed by atoms with Crippen LogP contribution in [0.15, 0.2) is 18.2 Å². The third kappa shape index (κ3) is 6.66. The van der Waals surface area contributed by atoms with Crippen LogP contribution in [-0.2, 0) is 4.79 Å². The van der Waals surface area contributed by atoms with E-state index in [1.54, 1.807) is 18.2 Å². The van der Waals surface area contributed by atoms with Gasteiger partial charge in [-0.3, -0.25) is 4.79 Å². The monoisotopic (exact) mass is 305 g/mol. The Morgan fingerprint density at radius 2 is 2.00 bits per heavy atom. The Morgan fingerprint density at radius 3 is 2.68 bits per heavy atom. The molecule has 0 heterocycles. The molecule has 0 saturated heterocycles. The summed E-state index contributed by atoms with van der Waals surface area (Å²) >= 11 is 11.6. The summed E-state index contributed by atoms with van der Waals surface area (Å²) in [5, 5.41) is 12.2. The maximum absolute atomic E-state index is 11.5. The maximum Gasteiger partial charge on any atom is 0.257 e. The van der Waals surface area contributed by atoms with Crippen LogP contribution in [0.2, 0.25) is 10.0 Å². The van der Waals surface area contributed by atoms with Gasteiger partial charge in [0, 0.05) is 19.2 Å². The van der Waals surface area contributed by atoms with Crippen molar-refractivity contribution in [3.8, 4) is 5.75 Å². The number of amides is 1. The van der Waals surface area contributed by atoms with E-state index < -0.39 is 0 Å². The second-order valence-corrected chi connectivity index (χ2v) is 4.81. The van der Waals surface area contributed by atoms with Crippen LogP contribution < -0.4 is 10.1 Å². The Bertz CT molecular complexity index is 413. The van der Waals surface area contributed by atoms with Gasteiger partial charge in [0.25, 0.3) is 5.91 Å². The molecule has 0 fully saturated rings. The van der Waals surface area contributed by atoms with Gasteiger partial charge in [-0.25, -0.2) is 0 Å². The fourth-order valence-corrected chi connectivity index (χ4v) is 1.70. The van der Waals surface area contributed by atoms with Crippen molar-refractivity contribution in [2.45, 2.75) is 19.3 Å². The molecular weight excluding hydrogens is 289 g/mol. The topological polar surface area (TPSA) is 58.6 Å². The first-order valence-electron chi connectivity index (χ1n) is 6.09. The summed E-state index contributed by atoms with van der Waals surface area (Å²) in [7, 11) is 0. The Balaban J connectivity index is 2.20. The molecule has 0 aromatic heterocycles. The molecule has 2 N–H and O–H groups in total. The summed E-state index contributed by atoms with van der Waals surface area (Å²) < 4.78 is 5.29. The highest BCUT2D eigenvalue weighted by Gasteiger charge is 2.04. The van der Waals surface area contributed by atoms with E-state index in [9.17, 15) is 4.79 Å². The molecule has 0 bridgehead atoms. The third-order valence-corrected chi connectivity index (χ3v) is 3.16. The van der Waals surface area contributed by atoms with Crippen molar-refractivity contribution in [2.24, 2.45) is 0 Å². The minimum absolute atomic E-state index is 0.0576. The number of nitrogens with one attached hydrogen (secondary N) is 1. The van der Waals surface area contributed by atoms with Crippen molar-refractivity contribution in [3.63, 3.8) is 0 Å². The molecular formula is C13H17Cl2NO3. The minimum atomic E-state index is -0.185. The second kappa shape index (κ2) is 9.02. The lowest BCUT2D eigenvalue weighted by atomic mass is 10.2. The molecule has 6 heteroatoms. The van der Waals surface area contributed by atoms with E-state index in [0.717, 1.165) is 19.3 Å². The van der Waals surface area contributed by atoms with E-state index >= 15 is 0 Å². The Hall–Kier alpha value is -0.970. The van der Waals surface area contributed by atoms with Gasteiger partial charge in [0.05, 0.1) is 10.0 Å². The van der Waals surface area contributed by atoms with Crippen molar-refractivity contribution in [1.29, 1.82) is 0 Å². The number of carbonyl (C=O) groups excluding carboxylic acids is 1. The van der Waals surface area contributed by atoms with Gasteiger partial charge >= 0.3 is 0 Å². The van der Waals surface area contributed by atoms with Crippen LogP contribution >= 0.6 is 23.2 Å². The fraction of sp³-hybridized carbons (Fsp3) is 0.462. The number of ether oxygens (including phenoxy) is 1. The molecule has 19 heavy (non-hydrogen) atoms. The SMILES string of the molecule is O=C(COc1ccc(Cl)c(Cl)c1)NCCCCCO. The zero-order valence-electron chi connectivity index (χ0n) is 10.5. The number of rotatable bonds is 8. The van der Waals surface area contributed by atoms with E-state index in [4.69, 9.17) is 33.0 Å². The molecule has 1 aromatic rings. The lowest BCUT2D eigenvalue weighted by molar-refractivity contribution is -0.123. The summed E-state index contributed by atoms with van der Waals surface area (Å²) in [6.07, 6.45) is 2.50. The molecule has 0 aliphatic rings. The van der Waals surface area contributed by atoms with Gasteiger partial charge in [-0.15, -0.1) is 0 Å². The van der Waals surface area contributed by atoms with Crippen molar-refractivity contribution >= 4 is 29.1 Å². The van der Waals surface area contributed by atoms with Crippen LogP contribution in [0.25, 0.3) is 0 Å². The van der Waals surface area contributed by atoms with Gasteiger partial charge in [0.1, 0.15) is 5.75 Å². The average Bonchev–Trinajstić information content (AvgIpc) is 2.40. The number of unbranched alkanes of at least 4 members (excludes halogenated alkanes) is 2. The van der Waals surface area contributed by atoms with Crippen LogP contribution in [0, 0.1) is 0 Å². The zero-order valence-corrected chi connectivity index (χ0v) is 12.0. The van der Waals surface area contributed by atoms with Gasteiger partial charge < -0.3 is 15.2 Å². The molecule has 0 radical (unpaired) electrons. The predicted molar refractivity (Wildman–Crippen MR) is 75.9 cm³/mol. The smallest absolute Gasteiger partial charge is 0.257 e. The number of hydrogen-bond acceptors (Lipinski definition) is 3. The summed E-state index contributed by atoms with van der Waals surface area (Å²) in [4.78, 5) is 11.5. The number of halogens is 2. The number of benzene rings is 1. The zero-order chi connectivity index (χ0) is 14.1. The van der Waals surface area contributed by atoms with Crippen LogP contribution in [-0.4, -0.2) is 30.8 Å². The molecule has 0 spiro atoms. The van der Waals surface area contributed by atoms with Crippen LogP contribution in [0.1, 0.15) is 19.3 Å². The lowest BCUT2D eigenvalue weighted by Gasteiger charge is -2.08. The molecule has 4 nitrogen and oxygen atoms in total. The summed E-state index contributed by atoms with van der Waals surface area (Å²) in [5.41, 5.74) is 0. The number of carbonyl (C=O) groups is 1. The highest BCUT2D eigenvalue weighted by Crippen LogP contribution is 2.26. The largest absolute Gasteiger partial charge is 0.484 e. The van der Waals surface area contributed by atoms with Gasteiger partial charge in [-0.05, 0) is 31.4 Å².